The van der Waals surface area contributed by atoms with Crippen molar-refractivity contribution in [1.29, 1.82) is 5.26 Å². The molecule has 0 fully saturated rings. The first-order valence-corrected chi connectivity index (χ1v) is 8.19. The molecule has 0 saturated carbocycles. The summed E-state index contributed by atoms with van der Waals surface area (Å²) in [6.07, 6.45) is 0. The first kappa shape index (κ1) is 15.2. The van der Waals surface area contributed by atoms with E-state index in [0.717, 1.165) is 5.56 Å². The van der Waals surface area contributed by atoms with E-state index in [1.807, 2.05) is 43.3 Å². The molecular weight excluding hydrogens is 284 g/mol. The molecule has 4 nitrogen and oxygen atoms in total. The van der Waals surface area contributed by atoms with Crippen molar-refractivity contribution in [3.63, 3.8) is 0 Å². The van der Waals surface area contributed by atoms with Crippen LogP contribution in [0, 0.1) is 11.3 Å². The van der Waals surface area contributed by atoms with Crippen molar-refractivity contribution in [1.82, 2.24) is 4.72 Å². The predicted molar refractivity (Wildman–Crippen MR) is 81.8 cm³/mol. The molecule has 2 aromatic rings. The lowest BCUT2D eigenvalue weighted by molar-refractivity contribution is 0.566. The Hall–Kier alpha value is -2.16. The summed E-state index contributed by atoms with van der Waals surface area (Å²) >= 11 is 0. The monoisotopic (exact) mass is 300 g/mol. The lowest BCUT2D eigenvalue weighted by atomic mass is 10.1. The number of nitrogens with one attached hydrogen (secondary N) is 1. The summed E-state index contributed by atoms with van der Waals surface area (Å²) in [6.45, 7) is 1.81. The average Bonchev–Trinajstić information content (AvgIpc) is 2.48. The third-order valence-corrected chi connectivity index (χ3v) is 4.52. The zero-order chi connectivity index (χ0) is 15.3. The van der Waals surface area contributed by atoms with Gasteiger partial charge in [-0.3, -0.25) is 0 Å². The summed E-state index contributed by atoms with van der Waals surface area (Å²) < 4.78 is 27.0. The van der Waals surface area contributed by atoms with E-state index in [0.29, 0.717) is 11.1 Å². The van der Waals surface area contributed by atoms with E-state index in [4.69, 9.17) is 5.26 Å². The van der Waals surface area contributed by atoms with Crippen molar-refractivity contribution >= 4 is 10.0 Å². The highest BCUT2D eigenvalue weighted by Gasteiger charge is 2.16. The number of rotatable bonds is 5. The molecule has 0 saturated heterocycles. The van der Waals surface area contributed by atoms with Gasteiger partial charge in [-0.15, -0.1) is 0 Å². The lowest BCUT2D eigenvalue weighted by Crippen LogP contribution is -2.28. The van der Waals surface area contributed by atoms with E-state index >= 15 is 0 Å². The quantitative estimate of drug-likeness (QED) is 0.923. The minimum atomic E-state index is -3.43. The van der Waals surface area contributed by atoms with E-state index < -0.39 is 10.0 Å². The molecule has 1 atom stereocenters. The van der Waals surface area contributed by atoms with Crippen molar-refractivity contribution in [3.05, 3.63) is 71.3 Å². The molecule has 0 aliphatic carbocycles. The summed E-state index contributed by atoms with van der Waals surface area (Å²) in [5, 5.41) is 8.73. The van der Waals surface area contributed by atoms with Gasteiger partial charge in [0.2, 0.25) is 10.0 Å². The van der Waals surface area contributed by atoms with Crippen LogP contribution in [0.5, 0.6) is 0 Å². The molecule has 0 radical (unpaired) electrons. The smallest absolute Gasteiger partial charge is 0.212 e. The Kier molecular flexibility index (Phi) is 4.73. The van der Waals surface area contributed by atoms with Crippen molar-refractivity contribution in [2.75, 3.05) is 0 Å². The summed E-state index contributed by atoms with van der Waals surface area (Å²) in [7, 11) is -3.43. The number of benzene rings is 2. The van der Waals surface area contributed by atoms with Crippen LogP contribution >= 0.6 is 0 Å². The summed E-state index contributed by atoms with van der Waals surface area (Å²) in [6, 6.07) is 17.7. The fraction of sp³-hybridized carbons (Fsp3) is 0.188. The third kappa shape index (κ3) is 4.42. The topological polar surface area (TPSA) is 70.0 Å². The number of hydrogen-bond acceptors (Lipinski definition) is 3. The van der Waals surface area contributed by atoms with E-state index in [-0.39, 0.29) is 11.8 Å². The van der Waals surface area contributed by atoms with Gasteiger partial charge in [-0.25, -0.2) is 13.1 Å². The maximum atomic E-state index is 12.2. The molecule has 0 amide bonds. The van der Waals surface area contributed by atoms with Crippen molar-refractivity contribution in [2.24, 2.45) is 0 Å². The van der Waals surface area contributed by atoms with Gasteiger partial charge in [0.05, 0.1) is 17.4 Å². The second kappa shape index (κ2) is 6.53. The van der Waals surface area contributed by atoms with Crippen LogP contribution in [-0.4, -0.2) is 8.42 Å². The minimum absolute atomic E-state index is 0.101. The Labute approximate surface area is 125 Å². The molecule has 2 rings (SSSR count). The average molecular weight is 300 g/mol. The first-order chi connectivity index (χ1) is 10.00. The normalized spacial score (nSPS) is 12.6. The van der Waals surface area contributed by atoms with Crippen molar-refractivity contribution in [2.45, 2.75) is 18.7 Å². The summed E-state index contributed by atoms with van der Waals surface area (Å²) in [5.74, 6) is -0.101. The Balaban J connectivity index is 2.06. The number of sulfonamides is 1. The number of nitrogens with zero attached hydrogens (tertiary/aromatic N) is 1. The first-order valence-electron chi connectivity index (χ1n) is 6.54. The molecule has 0 aromatic heterocycles. The molecule has 21 heavy (non-hydrogen) atoms. The van der Waals surface area contributed by atoms with E-state index in [1.54, 1.807) is 24.3 Å². The largest absolute Gasteiger partial charge is 0.216 e. The van der Waals surface area contributed by atoms with Crippen LogP contribution in [-0.2, 0) is 15.8 Å². The van der Waals surface area contributed by atoms with Gasteiger partial charge >= 0.3 is 0 Å². The van der Waals surface area contributed by atoms with Crippen molar-refractivity contribution < 1.29 is 8.42 Å². The summed E-state index contributed by atoms with van der Waals surface area (Å²) in [4.78, 5) is 0. The fourth-order valence-corrected chi connectivity index (χ4v) is 3.41. The highest BCUT2D eigenvalue weighted by atomic mass is 32.2. The predicted octanol–water partition coefficient (Wildman–Crippen LogP) is 2.74. The fourth-order valence-electron chi connectivity index (χ4n) is 2.02. The maximum Gasteiger partial charge on any atom is 0.216 e. The molecule has 0 aliphatic rings. The van der Waals surface area contributed by atoms with Gasteiger partial charge in [-0.05, 0) is 30.2 Å². The SMILES string of the molecule is C[C@H](NS(=O)(=O)Cc1ccc(C#N)cc1)c1ccccc1. The Morgan fingerprint density at radius 2 is 1.71 bits per heavy atom. The Morgan fingerprint density at radius 3 is 2.29 bits per heavy atom. The van der Waals surface area contributed by atoms with Gasteiger partial charge in [0.25, 0.3) is 0 Å². The molecule has 108 valence electrons. The zero-order valence-corrected chi connectivity index (χ0v) is 12.5. The van der Waals surface area contributed by atoms with Crippen LogP contribution < -0.4 is 4.72 Å². The van der Waals surface area contributed by atoms with Crippen LogP contribution in [0.4, 0.5) is 0 Å². The molecular formula is C16H16N2O2S. The maximum absolute atomic E-state index is 12.2. The summed E-state index contributed by atoms with van der Waals surface area (Å²) in [5.41, 5.74) is 2.09. The molecule has 0 spiro atoms. The van der Waals surface area contributed by atoms with Crippen LogP contribution in [0.2, 0.25) is 0 Å². The number of hydrogen-bond donors (Lipinski definition) is 1. The van der Waals surface area contributed by atoms with Crippen LogP contribution in [0.15, 0.2) is 54.6 Å². The van der Waals surface area contributed by atoms with Crippen LogP contribution in [0.3, 0.4) is 0 Å². The van der Waals surface area contributed by atoms with Gasteiger partial charge in [0.1, 0.15) is 0 Å². The second-order valence-corrected chi connectivity index (χ2v) is 6.57. The minimum Gasteiger partial charge on any atom is -0.212 e. The van der Waals surface area contributed by atoms with Crippen molar-refractivity contribution in [3.8, 4) is 6.07 Å². The highest BCUT2D eigenvalue weighted by molar-refractivity contribution is 7.88. The molecule has 0 unspecified atom stereocenters. The van der Waals surface area contributed by atoms with Crippen LogP contribution in [0.25, 0.3) is 0 Å². The van der Waals surface area contributed by atoms with Gasteiger partial charge in [-0.1, -0.05) is 42.5 Å². The lowest BCUT2D eigenvalue weighted by Gasteiger charge is -2.14. The highest BCUT2D eigenvalue weighted by Crippen LogP contribution is 2.14. The Bertz CT molecular complexity index is 732. The van der Waals surface area contributed by atoms with Gasteiger partial charge < -0.3 is 0 Å². The molecule has 0 heterocycles. The van der Waals surface area contributed by atoms with E-state index in [9.17, 15) is 8.42 Å². The molecule has 0 aliphatic heterocycles. The van der Waals surface area contributed by atoms with E-state index in [1.165, 1.54) is 0 Å². The standard InChI is InChI=1S/C16H16N2O2S/c1-13(16-5-3-2-4-6-16)18-21(19,20)12-15-9-7-14(11-17)8-10-15/h2-10,13,18H,12H2,1H3/t13-/m0/s1. The third-order valence-electron chi connectivity index (χ3n) is 3.10. The van der Waals surface area contributed by atoms with Gasteiger partial charge in [-0.2, -0.15) is 5.26 Å². The van der Waals surface area contributed by atoms with Crippen LogP contribution in [0.1, 0.15) is 29.7 Å². The molecule has 0 bridgehead atoms. The zero-order valence-electron chi connectivity index (χ0n) is 11.7. The second-order valence-electron chi connectivity index (χ2n) is 4.82. The molecule has 5 heteroatoms. The number of nitriles is 1. The molecule has 2 aromatic carbocycles. The molecule has 1 N–H and O–H groups in total. The Morgan fingerprint density at radius 1 is 1.10 bits per heavy atom. The van der Waals surface area contributed by atoms with E-state index in [2.05, 4.69) is 4.72 Å². The van der Waals surface area contributed by atoms with Gasteiger partial charge in [0, 0.05) is 6.04 Å². The van der Waals surface area contributed by atoms with Gasteiger partial charge in [0.15, 0.2) is 0 Å².